The number of rotatable bonds is 6. The third-order valence-electron chi connectivity index (χ3n) is 7.58. The SMILES string of the molecule is Nc1ncc(-c2nc(N3CCOCC3)nc3c2CCN3c2ccc(CN3CCN(CC(F)(F)F)CC3)cc2)cn1. The van der Waals surface area contributed by atoms with Gasteiger partial charge in [-0.15, -0.1) is 0 Å². The molecule has 6 rings (SSSR count). The lowest BCUT2D eigenvalue weighted by atomic mass is 10.1. The van der Waals surface area contributed by atoms with Crippen LogP contribution in [0, 0.1) is 0 Å². The summed E-state index contributed by atoms with van der Waals surface area (Å²) in [5.41, 5.74) is 10.6. The van der Waals surface area contributed by atoms with E-state index in [4.69, 9.17) is 20.4 Å². The third kappa shape index (κ3) is 5.96. The molecule has 0 unspecified atom stereocenters. The second-order valence-electron chi connectivity index (χ2n) is 10.3. The summed E-state index contributed by atoms with van der Waals surface area (Å²) in [6.45, 7) is 5.42. The Morgan fingerprint density at radius 1 is 0.850 bits per heavy atom. The van der Waals surface area contributed by atoms with E-state index in [1.165, 1.54) is 4.90 Å². The van der Waals surface area contributed by atoms with Crippen LogP contribution in [0.1, 0.15) is 11.1 Å². The van der Waals surface area contributed by atoms with Crippen molar-refractivity contribution in [1.29, 1.82) is 0 Å². The number of halogens is 3. The number of alkyl halides is 3. The van der Waals surface area contributed by atoms with Crippen LogP contribution in [-0.4, -0.2) is 101 Å². The van der Waals surface area contributed by atoms with Gasteiger partial charge < -0.3 is 20.3 Å². The zero-order chi connectivity index (χ0) is 27.7. The van der Waals surface area contributed by atoms with Gasteiger partial charge in [-0.25, -0.2) is 15.0 Å². The minimum atomic E-state index is -4.15. The summed E-state index contributed by atoms with van der Waals surface area (Å²) in [5, 5.41) is 0. The van der Waals surface area contributed by atoms with Gasteiger partial charge in [0, 0.05) is 81.6 Å². The average Bonchev–Trinajstić information content (AvgIpc) is 3.38. The maximum absolute atomic E-state index is 12.7. The number of nitrogens with zero attached hydrogens (tertiary/aromatic N) is 8. The summed E-state index contributed by atoms with van der Waals surface area (Å²) in [7, 11) is 0. The average molecular weight is 556 g/mol. The number of aromatic nitrogens is 4. The normalized spacial score (nSPS) is 18.8. The molecule has 0 atom stereocenters. The second-order valence-corrected chi connectivity index (χ2v) is 10.3. The molecule has 3 aliphatic rings. The van der Waals surface area contributed by atoms with Crippen molar-refractivity contribution in [2.45, 2.75) is 19.1 Å². The first-order chi connectivity index (χ1) is 19.3. The summed E-state index contributed by atoms with van der Waals surface area (Å²) >= 11 is 0. The zero-order valence-electron chi connectivity index (χ0n) is 22.1. The molecule has 2 saturated heterocycles. The van der Waals surface area contributed by atoms with E-state index in [0.717, 1.165) is 59.9 Å². The molecule has 40 heavy (non-hydrogen) atoms. The Hall–Kier alpha value is -3.55. The predicted molar refractivity (Wildman–Crippen MR) is 145 cm³/mol. The molecule has 0 radical (unpaired) electrons. The summed E-state index contributed by atoms with van der Waals surface area (Å²) in [4.78, 5) is 26.3. The number of hydrogen-bond acceptors (Lipinski definition) is 10. The van der Waals surface area contributed by atoms with E-state index in [1.807, 2.05) is 0 Å². The molecular weight excluding hydrogens is 523 g/mol. The minimum absolute atomic E-state index is 0.216. The molecule has 5 heterocycles. The summed E-state index contributed by atoms with van der Waals surface area (Å²) in [6.07, 6.45) is 0.0367. The Kier molecular flexibility index (Phi) is 7.43. The van der Waals surface area contributed by atoms with Gasteiger partial charge in [-0.3, -0.25) is 9.80 Å². The molecular formula is C27H32F3N9O. The Balaban J connectivity index is 1.20. The van der Waals surface area contributed by atoms with Crippen LogP contribution >= 0.6 is 0 Å². The molecule has 0 amide bonds. The van der Waals surface area contributed by atoms with Crippen molar-refractivity contribution in [3.63, 3.8) is 0 Å². The highest BCUT2D eigenvalue weighted by Crippen LogP contribution is 2.39. The van der Waals surface area contributed by atoms with E-state index in [-0.39, 0.29) is 5.95 Å². The van der Waals surface area contributed by atoms with Gasteiger partial charge in [-0.2, -0.15) is 18.2 Å². The predicted octanol–water partition coefficient (Wildman–Crippen LogP) is 2.73. The third-order valence-corrected chi connectivity index (χ3v) is 7.58. The number of benzene rings is 1. The van der Waals surface area contributed by atoms with Gasteiger partial charge >= 0.3 is 6.18 Å². The van der Waals surface area contributed by atoms with Crippen molar-refractivity contribution >= 4 is 23.4 Å². The van der Waals surface area contributed by atoms with Crippen LogP contribution < -0.4 is 15.5 Å². The zero-order valence-corrected chi connectivity index (χ0v) is 22.1. The molecule has 3 aromatic rings. The van der Waals surface area contributed by atoms with E-state index in [0.29, 0.717) is 51.9 Å². The molecule has 10 nitrogen and oxygen atoms in total. The number of nitrogen functional groups attached to an aromatic ring is 1. The topological polar surface area (TPSA) is 99.8 Å². The first kappa shape index (κ1) is 26.7. The van der Waals surface area contributed by atoms with Crippen LogP contribution in [-0.2, 0) is 17.7 Å². The van der Waals surface area contributed by atoms with Crippen molar-refractivity contribution in [2.75, 3.05) is 81.1 Å². The van der Waals surface area contributed by atoms with E-state index < -0.39 is 12.7 Å². The first-order valence-electron chi connectivity index (χ1n) is 13.5. The fourth-order valence-corrected chi connectivity index (χ4v) is 5.50. The van der Waals surface area contributed by atoms with Gasteiger partial charge in [0.15, 0.2) is 0 Å². The summed E-state index contributed by atoms with van der Waals surface area (Å²) in [6, 6.07) is 8.36. The van der Waals surface area contributed by atoms with Gasteiger partial charge in [0.05, 0.1) is 25.5 Å². The van der Waals surface area contributed by atoms with E-state index in [2.05, 4.69) is 48.9 Å². The van der Waals surface area contributed by atoms with Gasteiger partial charge in [0.2, 0.25) is 11.9 Å². The molecule has 2 aromatic heterocycles. The molecule has 3 aliphatic heterocycles. The van der Waals surface area contributed by atoms with Gasteiger partial charge in [0.25, 0.3) is 0 Å². The Labute approximate surface area is 230 Å². The number of piperazine rings is 1. The van der Waals surface area contributed by atoms with Crippen molar-refractivity contribution in [3.8, 4) is 11.3 Å². The Morgan fingerprint density at radius 3 is 2.20 bits per heavy atom. The number of nitrogens with two attached hydrogens (primary N) is 1. The molecule has 0 spiro atoms. The number of morpholine rings is 1. The van der Waals surface area contributed by atoms with Crippen LogP contribution in [0.25, 0.3) is 11.3 Å². The van der Waals surface area contributed by atoms with E-state index in [9.17, 15) is 13.2 Å². The Morgan fingerprint density at radius 2 is 1.52 bits per heavy atom. The maximum Gasteiger partial charge on any atom is 0.401 e. The highest BCUT2D eigenvalue weighted by molar-refractivity contribution is 5.76. The molecule has 0 saturated carbocycles. The van der Waals surface area contributed by atoms with Gasteiger partial charge in [-0.1, -0.05) is 12.1 Å². The number of ether oxygens (including phenoxy) is 1. The standard InChI is InChI=1S/C27H32F3N9O/c28-27(29,30)18-37-9-7-36(8-10-37)17-19-1-3-21(4-2-19)39-6-5-22-23(20-15-32-25(31)33-16-20)34-26(35-24(22)39)38-11-13-40-14-12-38/h1-4,15-16H,5-14,17-18H2,(H2,31,32,33). The van der Waals surface area contributed by atoms with Gasteiger partial charge in [0.1, 0.15) is 5.82 Å². The van der Waals surface area contributed by atoms with Crippen LogP contribution in [0.2, 0.25) is 0 Å². The summed E-state index contributed by atoms with van der Waals surface area (Å²) < 4.78 is 43.6. The molecule has 1 aromatic carbocycles. The molecule has 2 N–H and O–H groups in total. The van der Waals surface area contributed by atoms with Crippen LogP contribution in [0.3, 0.4) is 0 Å². The highest BCUT2D eigenvalue weighted by atomic mass is 19.4. The molecule has 0 aliphatic carbocycles. The fraction of sp³-hybridized carbons (Fsp3) is 0.481. The van der Waals surface area contributed by atoms with Gasteiger partial charge in [-0.05, 0) is 24.1 Å². The molecule has 2 fully saturated rings. The molecule has 0 bridgehead atoms. The van der Waals surface area contributed by atoms with Crippen LogP contribution in [0.5, 0.6) is 0 Å². The molecule has 13 heteroatoms. The van der Waals surface area contributed by atoms with Crippen molar-refractivity contribution in [2.24, 2.45) is 0 Å². The fourth-order valence-electron chi connectivity index (χ4n) is 5.50. The quantitative estimate of drug-likeness (QED) is 0.489. The van der Waals surface area contributed by atoms with E-state index >= 15 is 0 Å². The largest absolute Gasteiger partial charge is 0.401 e. The van der Waals surface area contributed by atoms with E-state index in [1.54, 1.807) is 12.4 Å². The number of hydrogen-bond donors (Lipinski definition) is 1. The van der Waals surface area contributed by atoms with Crippen LogP contribution in [0.4, 0.5) is 36.6 Å². The monoisotopic (exact) mass is 555 g/mol. The minimum Gasteiger partial charge on any atom is -0.378 e. The summed E-state index contributed by atoms with van der Waals surface area (Å²) in [5.74, 6) is 1.74. The Bertz CT molecular complexity index is 1310. The number of anilines is 4. The lowest BCUT2D eigenvalue weighted by molar-refractivity contribution is -0.149. The number of fused-ring (bicyclic) bond motifs is 1. The van der Waals surface area contributed by atoms with Crippen molar-refractivity contribution in [3.05, 3.63) is 47.8 Å². The second kappa shape index (κ2) is 11.1. The van der Waals surface area contributed by atoms with Crippen molar-refractivity contribution in [1.82, 2.24) is 29.7 Å². The lowest BCUT2D eigenvalue weighted by Gasteiger charge is -2.35. The lowest BCUT2D eigenvalue weighted by Crippen LogP contribution is -2.48. The smallest absolute Gasteiger partial charge is 0.378 e. The maximum atomic E-state index is 12.7. The highest BCUT2D eigenvalue weighted by Gasteiger charge is 2.32. The first-order valence-corrected chi connectivity index (χ1v) is 13.5. The molecule has 212 valence electrons. The van der Waals surface area contributed by atoms with Crippen molar-refractivity contribution < 1.29 is 17.9 Å². The van der Waals surface area contributed by atoms with Crippen LogP contribution in [0.15, 0.2) is 36.7 Å².